The molecule has 1 aliphatic heterocycles. The summed E-state index contributed by atoms with van der Waals surface area (Å²) < 4.78 is 6.50. The number of thiophene rings is 1. The molecule has 1 N–H and O–H groups in total. The van der Waals surface area contributed by atoms with Crippen molar-refractivity contribution in [2.45, 2.75) is 24.9 Å². The van der Waals surface area contributed by atoms with Crippen molar-refractivity contribution >= 4 is 33.2 Å². The first-order valence-corrected chi connectivity index (χ1v) is 9.14. The Morgan fingerprint density at radius 2 is 2.30 bits per heavy atom. The number of carboxylic acids is 1. The summed E-state index contributed by atoms with van der Waals surface area (Å²) in [5, 5.41) is 11.6. The van der Waals surface area contributed by atoms with Gasteiger partial charge in [-0.25, -0.2) is 0 Å². The number of nitrogens with zero attached hydrogens (tertiary/aromatic N) is 1. The van der Waals surface area contributed by atoms with Crippen LogP contribution in [0.4, 0.5) is 0 Å². The van der Waals surface area contributed by atoms with E-state index in [1.807, 2.05) is 29.6 Å². The number of carboxylic acid groups (broad SMARTS) is 1. The average molecular weight is 396 g/mol. The van der Waals surface area contributed by atoms with Gasteiger partial charge in [0.2, 0.25) is 0 Å². The van der Waals surface area contributed by atoms with Crippen LogP contribution in [0.25, 0.3) is 0 Å². The molecule has 23 heavy (non-hydrogen) atoms. The predicted molar refractivity (Wildman–Crippen MR) is 94.2 cm³/mol. The number of hydrogen-bond acceptors (Lipinski definition) is 4. The van der Waals surface area contributed by atoms with E-state index in [9.17, 15) is 9.90 Å². The van der Waals surface area contributed by atoms with Crippen LogP contribution in [0, 0.1) is 0 Å². The average Bonchev–Trinajstić information content (AvgIpc) is 3.20. The summed E-state index contributed by atoms with van der Waals surface area (Å²) in [4.78, 5) is 14.9. The highest BCUT2D eigenvalue weighted by molar-refractivity contribution is 9.10. The van der Waals surface area contributed by atoms with Crippen LogP contribution in [0.2, 0.25) is 0 Å². The van der Waals surface area contributed by atoms with Gasteiger partial charge < -0.3 is 9.84 Å². The van der Waals surface area contributed by atoms with Crippen LogP contribution < -0.4 is 4.74 Å². The molecular weight excluding hydrogens is 378 g/mol. The van der Waals surface area contributed by atoms with Crippen LogP contribution in [0.3, 0.4) is 0 Å². The highest BCUT2D eigenvalue weighted by Crippen LogP contribution is 2.41. The third-order valence-electron chi connectivity index (χ3n) is 4.21. The first kappa shape index (κ1) is 16.5. The quantitative estimate of drug-likeness (QED) is 0.825. The molecule has 0 aliphatic carbocycles. The molecule has 2 atom stereocenters. The molecule has 0 amide bonds. The molecule has 4 nitrogen and oxygen atoms in total. The third kappa shape index (κ3) is 3.29. The topological polar surface area (TPSA) is 49.8 Å². The SMILES string of the molecule is COc1ccc(Br)cc1C(c1cccs1)N1CCCC1C(=O)O. The molecular formula is C17H18BrNO3S. The van der Waals surface area contributed by atoms with E-state index < -0.39 is 12.0 Å². The molecule has 2 aromatic rings. The van der Waals surface area contributed by atoms with Gasteiger partial charge in [0, 0.05) is 21.5 Å². The first-order valence-electron chi connectivity index (χ1n) is 7.47. The second kappa shape index (κ2) is 7.03. The standard InChI is InChI=1S/C17H18BrNO3S/c1-22-14-7-6-11(18)10-12(14)16(15-5-3-9-23-15)19-8-2-4-13(19)17(20)21/h3,5-7,9-10,13,16H,2,4,8H2,1H3,(H,20,21). The Labute approximate surface area is 147 Å². The number of methoxy groups -OCH3 is 1. The van der Waals surface area contributed by atoms with Crippen LogP contribution in [0.5, 0.6) is 5.75 Å². The van der Waals surface area contributed by atoms with Crippen molar-refractivity contribution < 1.29 is 14.6 Å². The zero-order valence-corrected chi connectivity index (χ0v) is 15.1. The smallest absolute Gasteiger partial charge is 0.320 e. The molecule has 0 bridgehead atoms. The van der Waals surface area contributed by atoms with Gasteiger partial charge in [0.05, 0.1) is 13.2 Å². The Morgan fingerprint density at radius 3 is 2.96 bits per heavy atom. The molecule has 1 saturated heterocycles. The lowest BCUT2D eigenvalue weighted by atomic mass is 10.0. The molecule has 1 aromatic heterocycles. The summed E-state index contributed by atoms with van der Waals surface area (Å²) >= 11 is 5.17. The Hall–Kier alpha value is -1.37. The van der Waals surface area contributed by atoms with E-state index in [-0.39, 0.29) is 6.04 Å². The van der Waals surface area contributed by atoms with E-state index in [0.717, 1.165) is 33.6 Å². The highest BCUT2D eigenvalue weighted by atomic mass is 79.9. The zero-order chi connectivity index (χ0) is 16.4. The van der Waals surface area contributed by atoms with Crippen molar-refractivity contribution in [3.63, 3.8) is 0 Å². The van der Waals surface area contributed by atoms with Gasteiger partial charge in [-0.05, 0) is 42.5 Å². The van der Waals surface area contributed by atoms with E-state index in [2.05, 4.69) is 26.9 Å². The molecule has 0 spiro atoms. The Kier molecular flexibility index (Phi) is 5.04. The summed E-state index contributed by atoms with van der Waals surface area (Å²) in [5.41, 5.74) is 0.998. The van der Waals surface area contributed by atoms with E-state index in [0.29, 0.717) is 6.42 Å². The highest BCUT2D eigenvalue weighted by Gasteiger charge is 2.38. The van der Waals surface area contributed by atoms with Gasteiger partial charge >= 0.3 is 5.97 Å². The number of rotatable bonds is 5. The van der Waals surface area contributed by atoms with Gasteiger partial charge in [0.1, 0.15) is 11.8 Å². The second-order valence-corrected chi connectivity index (χ2v) is 7.43. The van der Waals surface area contributed by atoms with E-state index in [4.69, 9.17) is 4.74 Å². The third-order valence-corrected chi connectivity index (χ3v) is 5.63. The van der Waals surface area contributed by atoms with Crippen LogP contribution in [-0.4, -0.2) is 35.7 Å². The molecule has 2 unspecified atom stereocenters. The lowest BCUT2D eigenvalue weighted by Gasteiger charge is -2.31. The van der Waals surface area contributed by atoms with Gasteiger partial charge in [-0.3, -0.25) is 9.69 Å². The van der Waals surface area contributed by atoms with Crippen molar-refractivity contribution in [3.8, 4) is 5.75 Å². The molecule has 0 radical (unpaired) electrons. The molecule has 1 fully saturated rings. The Morgan fingerprint density at radius 1 is 1.48 bits per heavy atom. The van der Waals surface area contributed by atoms with E-state index in [1.54, 1.807) is 18.4 Å². The van der Waals surface area contributed by atoms with Crippen LogP contribution in [-0.2, 0) is 4.79 Å². The lowest BCUT2D eigenvalue weighted by Crippen LogP contribution is -2.39. The van der Waals surface area contributed by atoms with Crippen molar-refractivity contribution in [2.75, 3.05) is 13.7 Å². The minimum atomic E-state index is -0.752. The number of benzene rings is 1. The van der Waals surface area contributed by atoms with Gasteiger partial charge in [-0.2, -0.15) is 0 Å². The number of halogens is 1. The van der Waals surface area contributed by atoms with Gasteiger partial charge in [-0.15, -0.1) is 11.3 Å². The normalized spacial score (nSPS) is 19.7. The van der Waals surface area contributed by atoms with Crippen molar-refractivity contribution in [2.24, 2.45) is 0 Å². The minimum absolute atomic E-state index is 0.106. The van der Waals surface area contributed by atoms with E-state index in [1.165, 1.54) is 0 Å². The largest absolute Gasteiger partial charge is 0.496 e. The molecule has 0 saturated carbocycles. The molecule has 1 aliphatic rings. The van der Waals surface area contributed by atoms with Crippen LogP contribution in [0.1, 0.15) is 29.3 Å². The van der Waals surface area contributed by atoms with E-state index >= 15 is 0 Å². The fourth-order valence-corrected chi connectivity index (χ4v) is 4.47. The summed E-state index contributed by atoms with van der Waals surface area (Å²) in [5.74, 6) is 0.0284. The number of hydrogen-bond donors (Lipinski definition) is 1. The monoisotopic (exact) mass is 395 g/mol. The van der Waals surface area contributed by atoms with Crippen molar-refractivity contribution in [3.05, 3.63) is 50.6 Å². The summed E-state index contributed by atoms with van der Waals surface area (Å²) in [6, 6.07) is 9.39. The summed E-state index contributed by atoms with van der Waals surface area (Å²) in [6.45, 7) is 0.773. The maximum Gasteiger partial charge on any atom is 0.320 e. The van der Waals surface area contributed by atoms with Gasteiger partial charge in [-0.1, -0.05) is 22.0 Å². The maximum atomic E-state index is 11.7. The number of carbonyl (C=O) groups is 1. The molecule has 1 aromatic carbocycles. The second-order valence-electron chi connectivity index (χ2n) is 5.54. The molecule has 122 valence electrons. The molecule has 6 heteroatoms. The number of aliphatic carboxylic acids is 1. The van der Waals surface area contributed by atoms with Crippen LogP contribution >= 0.6 is 27.3 Å². The van der Waals surface area contributed by atoms with Crippen molar-refractivity contribution in [1.82, 2.24) is 4.90 Å². The fraction of sp³-hybridized carbons (Fsp3) is 0.353. The first-order chi connectivity index (χ1) is 11.1. The lowest BCUT2D eigenvalue weighted by molar-refractivity contribution is -0.142. The van der Waals surface area contributed by atoms with Gasteiger partial charge in [0.25, 0.3) is 0 Å². The zero-order valence-electron chi connectivity index (χ0n) is 12.7. The minimum Gasteiger partial charge on any atom is -0.496 e. The van der Waals surface area contributed by atoms with Crippen molar-refractivity contribution in [1.29, 1.82) is 0 Å². The summed E-state index contributed by atoms with van der Waals surface area (Å²) in [6.07, 6.45) is 1.59. The fourth-order valence-electron chi connectivity index (χ4n) is 3.22. The maximum absolute atomic E-state index is 11.7. The Bertz CT molecular complexity index is 689. The summed E-state index contributed by atoms with van der Waals surface area (Å²) in [7, 11) is 1.65. The molecule has 2 heterocycles. The number of likely N-dealkylation sites (tertiary alicyclic amines) is 1. The predicted octanol–water partition coefficient (Wildman–Crippen LogP) is 4.16. The van der Waals surface area contributed by atoms with Crippen LogP contribution in [0.15, 0.2) is 40.2 Å². The Balaban J connectivity index is 2.10. The van der Waals surface area contributed by atoms with Gasteiger partial charge in [0.15, 0.2) is 0 Å². The number of ether oxygens (including phenoxy) is 1. The molecule has 3 rings (SSSR count).